The fraction of sp³-hybridized carbons (Fsp3) is 0.269. The third-order valence-corrected chi connectivity index (χ3v) is 6.09. The fourth-order valence-electron chi connectivity index (χ4n) is 4.27. The molecule has 1 atom stereocenters. The van der Waals surface area contributed by atoms with Crippen LogP contribution in [0.1, 0.15) is 29.2 Å². The summed E-state index contributed by atoms with van der Waals surface area (Å²) in [5.74, 6) is -0.0997. The smallest absolute Gasteiger partial charge is 0.226 e. The van der Waals surface area contributed by atoms with Crippen molar-refractivity contribution in [2.75, 3.05) is 26.2 Å². The van der Waals surface area contributed by atoms with Crippen molar-refractivity contribution in [2.45, 2.75) is 18.1 Å². The largest absolute Gasteiger partial charge is 0.380 e. The summed E-state index contributed by atoms with van der Waals surface area (Å²) in [5.41, 5.74) is 0.897. The maximum absolute atomic E-state index is 13.3. The van der Waals surface area contributed by atoms with Crippen LogP contribution in [-0.2, 0) is 10.4 Å². The minimum Gasteiger partial charge on any atom is -0.380 e. The van der Waals surface area contributed by atoms with Crippen LogP contribution in [0.2, 0.25) is 0 Å². The Bertz CT molecular complexity index is 1020. The average Bonchev–Trinajstić information content (AvgIpc) is 2.86. The molecular weight excluding hydrogens is 400 g/mol. The highest BCUT2D eigenvalue weighted by atomic mass is 16.3. The number of hydrogen-bond acceptors (Lipinski definition) is 5. The standard InChI is InChI=1S/C26H26N4O2/c27-20-24(21-11-13-28-14-12-21)29-15-17-30(18-16-29)25(31)19-26(32,22-7-3-1-4-8-22)23-9-5-2-6-10-23/h1-14,24,32H,15-19H2. The van der Waals surface area contributed by atoms with E-state index in [9.17, 15) is 15.2 Å². The van der Waals surface area contributed by atoms with Gasteiger partial charge in [0.2, 0.25) is 5.91 Å². The Morgan fingerprint density at radius 3 is 1.97 bits per heavy atom. The van der Waals surface area contributed by atoms with Crippen molar-refractivity contribution >= 4 is 5.91 Å². The van der Waals surface area contributed by atoms with Gasteiger partial charge in [0.25, 0.3) is 0 Å². The van der Waals surface area contributed by atoms with Crippen molar-refractivity contribution in [1.82, 2.24) is 14.8 Å². The van der Waals surface area contributed by atoms with E-state index in [1.54, 1.807) is 17.3 Å². The fourth-order valence-corrected chi connectivity index (χ4v) is 4.27. The molecule has 6 nitrogen and oxygen atoms in total. The van der Waals surface area contributed by atoms with E-state index < -0.39 is 5.60 Å². The van der Waals surface area contributed by atoms with Crippen molar-refractivity contribution in [3.8, 4) is 6.07 Å². The molecule has 4 rings (SSSR count). The lowest BCUT2D eigenvalue weighted by molar-refractivity contribution is -0.137. The average molecular weight is 427 g/mol. The third kappa shape index (κ3) is 4.54. The molecule has 1 aliphatic heterocycles. The van der Waals surface area contributed by atoms with Crippen molar-refractivity contribution in [3.63, 3.8) is 0 Å². The van der Waals surface area contributed by atoms with E-state index in [-0.39, 0.29) is 18.4 Å². The van der Waals surface area contributed by atoms with Gasteiger partial charge in [-0.05, 0) is 28.8 Å². The quantitative estimate of drug-likeness (QED) is 0.655. The molecule has 6 heteroatoms. The molecule has 2 aromatic carbocycles. The van der Waals surface area contributed by atoms with Gasteiger partial charge in [0.1, 0.15) is 11.6 Å². The number of rotatable bonds is 6. The first kappa shape index (κ1) is 21.7. The molecule has 3 aromatic rings. The first-order chi connectivity index (χ1) is 15.6. The molecule has 0 saturated carbocycles. The molecule has 2 heterocycles. The van der Waals surface area contributed by atoms with E-state index in [4.69, 9.17) is 0 Å². The minimum atomic E-state index is -1.40. The van der Waals surface area contributed by atoms with Gasteiger partial charge in [-0.3, -0.25) is 14.7 Å². The van der Waals surface area contributed by atoms with Gasteiger partial charge >= 0.3 is 0 Å². The molecule has 0 spiro atoms. The van der Waals surface area contributed by atoms with Crippen molar-refractivity contribution in [1.29, 1.82) is 5.26 Å². The summed E-state index contributed by atoms with van der Waals surface area (Å²) in [6.45, 7) is 2.23. The zero-order valence-corrected chi connectivity index (χ0v) is 17.8. The van der Waals surface area contributed by atoms with Crippen LogP contribution < -0.4 is 0 Å². The van der Waals surface area contributed by atoms with E-state index in [1.165, 1.54) is 0 Å². The van der Waals surface area contributed by atoms with Crippen molar-refractivity contribution in [3.05, 3.63) is 102 Å². The molecule has 1 N–H and O–H groups in total. The molecule has 1 unspecified atom stereocenters. The number of carbonyl (C=O) groups is 1. The zero-order chi connectivity index (χ0) is 22.4. The van der Waals surface area contributed by atoms with E-state index in [0.717, 1.165) is 5.56 Å². The van der Waals surface area contributed by atoms with Crippen LogP contribution in [0.3, 0.4) is 0 Å². The highest BCUT2D eigenvalue weighted by Crippen LogP contribution is 2.34. The summed E-state index contributed by atoms with van der Waals surface area (Å²) < 4.78 is 0. The molecular formula is C26H26N4O2. The maximum Gasteiger partial charge on any atom is 0.226 e. The monoisotopic (exact) mass is 426 g/mol. The molecule has 1 saturated heterocycles. The van der Waals surface area contributed by atoms with Gasteiger partial charge in [-0.15, -0.1) is 0 Å². The van der Waals surface area contributed by atoms with E-state index in [2.05, 4.69) is 16.0 Å². The number of nitrogens with zero attached hydrogens (tertiary/aromatic N) is 4. The van der Waals surface area contributed by atoms with Crippen LogP contribution in [0, 0.1) is 11.3 Å². The summed E-state index contributed by atoms with van der Waals surface area (Å²) in [7, 11) is 0. The molecule has 0 bridgehead atoms. The van der Waals surface area contributed by atoms with E-state index in [0.29, 0.717) is 37.3 Å². The second-order valence-electron chi connectivity index (χ2n) is 8.00. The Hall–Kier alpha value is -3.53. The second kappa shape index (κ2) is 9.73. The summed E-state index contributed by atoms with van der Waals surface area (Å²) in [6, 6.07) is 24.4. The van der Waals surface area contributed by atoms with Gasteiger partial charge in [0.15, 0.2) is 0 Å². The third-order valence-electron chi connectivity index (χ3n) is 6.09. The van der Waals surface area contributed by atoms with Crippen LogP contribution in [0.4, 0.5) is 0 Å². The van der Waals surface area contributed by atoms with E-state index >= 15 is 0 Å². The first-order valence-electron chi connectivity index (χ1n) is 10.8. The number of amides is 1. The van der Waals surface area contributed by atoms with Crippen LogP contribution in [0.25, 0.3) is 0 Å². The lowest BCUT2D eigenvalue weighted by Gasteiger charge is -2.38. The molecule has 162 valence electrons. The summed E-state index contributed by atoms with van der Waals surface area (Å²) in [4.78, 5) is 21.1. The van der Waals surface area contributed by atoms with Crippen molar-refractivity contribution in [2.24, 2.45) is 0 Å². The summed E-state index contributed by atoms with van der Waals surface area (Å²) >= 11 is 0. The Kier molecular flexibility index (Phi) is 6.60. The zero-order valence-electron chi connectivity index (χ0n) is 17.8. The number of hydrogen-bond donors (Lipinski definition) is 1. The highest BCUT2D eigenvalue weighted by Gasteiger charge is 2.36. The van der Waals surface area contributed by atoms with Crippen LogP contribution >= 0.6 is 0 Å². The number of piperazine rings is 1. The lowest BCUT2D eigenvalue weighted by atomic mass is 9.83. The van der Waals surface area contributed by atoms with Gasteiger partial charge in [0, 0.05) is 38.6 Å². The maximum atomic E-state index is 13.3. The normalized spacial score (nSPS) is 15.7. The molecule has 32 heavy (non-hydrogen) atoms. The molecule has 1 fully saturated rings. The second-order valence-corrected chi connectivity index (χ2v) is 8.00. The number of nitriles is 1. The predicted octanol–water partition coefficient (Wildman–Crippen LogP) is 3.12. The molecule has 0 aliphatic carbocycles. The number of aromatic nitrogens is 1. The Morgan fingerprint density at radius 2 is 1.47 bits per heavy atom. The summed E-state index contributed by atoms with van der Waals surface area (Å²) in [5, 5.41) is 21.4. The minimum absolute atomic E-state index is 0.0347. The predicted molar refractivity (Wildman–Crippen MR) is 121 cm³/mol. The van der Waals surface area contributed by atoms with Gasteiger partial charge in [-0.2, -0.15) is 5.26 Å². The molecule has 1 aromatic heterocycles. The molecule has 1 aliphatic rings. The van der Waals surface area contributed by atoms with E-state index in [1.807, 2.05) is 72.8 Å². The van der Waals surface area contributed by atoms with Gasteiger partial charge in [0.05, 0.1) is 12.5 Å². The molecule has 1 amide bonds. The Balaban J connectivity index is 1.47. The van der Waals surface area contributed by atoms with Gasteiger partial charge in [-0.25, -0.2) is 0 Å². The summed E-state index contributed by atoms with van der Waals surface area (Å²) in [6.07, 6.45) is 3.34. The van der Waals surface area contributed by atoms with Crippen LogP contribution in [-0.4, -0.2) is 52.0 Å². The van der Waals surface area contributed by atoms with Crippen molar-refractivity contribution < 1.29 is 9.90 Å². The number of carbonyl (C=O) groups excluding carboxylic acids is 1. The number of benzene rings is 2. The Morgan fingerprint density at radius 1 is 0.938 bits per heavy atom. The first-order valence-corrected chi connectivity index (χ1v) is 10.8. The van der Waals surface area contributed by atoms with Gasteiger partial charge < -0.3 is 10.0 Å². The SMILES string of the molecule is N#CC(c1ccncc1)N1CCN(C(=O)CC(O)(c2ccccc2)c2ccccc2)CC1. The molecule has 0 radical (unpaired) electrons. The topological polar surface area (TPSA) is 80.5 Å². The van der Waals surface area contributed by atoms with Crippen LogP contribution in [0.15, 0.2) is 85.2 Å². The highest BCUT2D eigenvalue weighted by molar-refractivity contribution is 5.78. The van der Waals surface area contributed by atoms with Gasteiger partial charge in [-0.1, -0.05) is 60.7 Å². The lowest BCUT2D eigenvalue weighted by Crippen LogP contribution is -2.50. The number of aliphatic hydroxyl groups is 1. The Labute approximate surface area is 188 Å². The van der Waals surface area contributed by atoms with Crippen LogP contribution in [0.5, 0.6) is 0 Å². The number of pyridine rings is 1.